The average Bonchev–Trinajstić information content (AvgIpc) is 2.14. The van der Waals surface area contributed by atoms with Gasteiger partial charge in [0.15, 0.2) is 0 Å². The van der Waals surface area contributed by atoms with Gasteiger partial charge in [-0.2, -0.15) is 0 Å². The molecule has 0 unspecified atom stereocenters. The molecule has 1 aromatic carbocycles. The fraction of sp³-hybridized carbons (Fsp3) is 0.500. The minimum Gasteiger partial charge on any atom is -0.460 e. The Hall–Kier alpha value is -1.31. The lowest BCUT2D eigenvalue weighted by atomic mass is 9.97. The normalized spacial score (nSPS) is 11.3. The summed E-state index contributed by atoms with van der Waals surface area (Å²) in [6.07, 6.45) is 0. The SMILES string of the molecule is Cc1ccc(COC(=O)C(C)(C)C)c(C)c1. The van der Waals surface area contributed by atoms with Gasteiger partial charge in [-0.15, -0.1) is 0 Å². The van der Waals surface area contributed by atoms with Crippen molar-refractivity contribution in [1.29, 1.82) is 0 Å². The predicted molar refractivity (Wildman–Crippen MR) is 65.2 cm³/mol. The van der Waals surface area contributed by atoms with Crippen molar-refractivity contribution in [3.63, 3.8) is 0 Å². The van der Waals surface area contributed by atoms with Crippen LogP contribution in [0.25, 0.3) is 0 Å². The van der Waals surface area contributed by atoms with Gasteiger partial charge >= 0.3 is 5.97 Å². The smallest absolute Gasteiger partial charge is 0.311 e. The van der Waals surface area contributed by atoms with Crippen LogP contribution in [0.5, 0.6) is 0 Å². The maximum atomic E-state index is 11.6. The van der Waals surface area contributed by atoms with Crippen LogP contribution in [0.1, 0.15) is 37.5 Å². The molecule has 16 heavy (non-hydrogen) atoms. The topological polar surface area (TPSA) is 26.3 Å². The number of benzene rings is 1. The number of esters is 1. The summed E-state index contributed by atoms with van der Waals surface area (Å²) in [6, 6.07) is 6.15. The molecule has 1 aromatic rings. The highest BCUT2D eigenvalue weighted by Gasteiger charge is 2.22. The van der Waals surface area contributed by atoms with Crippen LogP contribution in [-0.4, -0.2) is 5.97 Å². The van der Waals surface area contributed by atoms with Crippen molar-refractivity contribution in [3.8, 4) is 0 Å². The van der Waals surface area contributed by atoms with Gasteiger partial charge < -0.3 is 4.74 Å². The Morgan fingerprint density at radius 1 is 1.25 bits per heavy atom. The van der Waals surface area contributed by atoms with Gasteiger partial charge in [-0.25, -0.2) is 0 Å². The zero-order chi connectivity index (χ0) is 12.3. The highest BCUT2D eigenvalue weighted by atomic mass is 16.5. The van der Waals surface area contributed by atoms with E-state index in [9.17, 15) is 4.79 Å². The quantitative estimate of drug-likeness (QED) is 0.714. The molecule has 0 saturated heterocycles. The molecule has 0 aromatic heterocycles. The van der Waals surface area contributed by atoms with Crippen LogP contribution in [0.3, 0.4) is 0 Å². The number of ether oxygens (including phenoxy) is 1. The van der Waals surface area contributed by atoms with Crippen molar-refractivity contribution in [2.75, 3.05) is 0 Å². The Balaban J connectivity index is 2.65. The first-order chi connectivity index (χ1) is 7.30. The van der Waals surface area contributed by atoms with Gasteiger partial charge in [0.25, 0.3) is 0 Å². The van der Waals surface area contributed by atoms with E-state index >= 15 is 0 Å². The van der Waals surface area contributed by atoms with Crippen LogP contribution in [0.4, 0.5) is 0 Å². The van der Waals surface area contributed by atoms with Crippen LogP contribution in [-0.2, 0) is 16.1 Å². The van der Waals surface area contributed by atoms with Crippen molar-refractivity contribution in [2.24, 2.45) is 5.41 Å². The molecule has 0 spiro atoms. The highest BCUT2D eigenvalue weighted by Crippen LogP contribution is 2.18. The fourth-order valence-electron chi connectivity index (χ4n) is 1.37. The molecule has 0 aliphatic carbocycles. The largest absolute Gasteiger partial charge is 0.460 e. The van der Waals surface area contributed by atoms with Gasteiger partial charge in [-0.05, 0) is 45.7 Å². The first-order valence-corrected chi connectivity index (χ1v) is 5.54. The van der Waals surface area contributed by atoms with E-state index in [2.05, 4.69) is 13.0 Å². The Morgan fingerprint density at radius 2 is 1.88 bits per heavy atom. The molecular weight excluding hydrogens is 200 g/mol. The third-order valence-electron chi connectivity index (χ3n) is 2.47. The van der Waals surface area contributed by atoms with Crippen LogP contribution >= 0.6 is 0 Å². The first kappa shape index (κ1) is 12.8. The molecule has 2 heteroatoms. The molecule has 0 fully saturated rings. The molecule has 1 rings (SSSR count). The summed E-state index contributed by atoms with van der Waals surface area (Å²) in [7, 11) is 0. The Bertz CT molecular complexity index is 386. The van der Waals surface area contributed by atoms with E-state index in [0.717, 1.165) is 5.56 Å². The van der Waals surface area contributed by atoms with Crippen molar-refractivity contribution in [2.45, 2.75) is 41.2 Å². The van der Waals surface area contributed by atoms with Crippen LogP contribution in [0, 0.1) is 19.3 Å². The summed E-state index contributed by atoms with van der Waals surface area (Å²) in [6.45, 7) is 10.0. The summed E-state index contributed by atoms with van der Waals surface area (Å²) >= 11 is 0. The molecule has 0 heterocycles. The van der Waals surface area contributed by atoms with Gasteiger partial charge in [0, 0.05) is 0 Å². The lowest BCUT2D eigenvalue weighted by molar-refractivity contribution is -0.154. The van der Waals surface area contributed by atoms with E-state index in [1.165, 1.54) is 11.1 Å². The van der Waals surface area contributed by atoms with E-state index in [1.54, 1.807) is 0 Å². The monoisotopic (exact) mass is 220 g/mol. The molecular formula is C14H20O2. The number of hydrogen-bond donors (Lipinski definition) is 0. The number of hydrogen-bond acceptors (Lipinski definition) is 2. The molecule has 88 valence electrons. The van der Waals surface area contributed by atoms with E-state index in [0.29, 0.717) is 6.61 Å². The molecule has 0 amide bonds. The Kier molecular flexibility index (Phi) is 3.74. The summed E-state index contributed by atoms with van der Waals surface area (Å²) in [5.74, 6) is -0.160. The Labute approximate surface area is 97.6 Å². The summed E-state index contributed by atoms with van der Waals surface area (Å²) < 4.78 is 5.27. The second-order valence-electron chi connectivity index (χ2n) is 5.26. The lowest BCUT2D eigenvalue weighted by Crippen LogP contribution is -2.22. The fourth-order valence-corrected chi connectivity index (χ4v) is 1.37. The molecule has 0 saturated carbocycles. The number of carbonyl (C=O) groups is 1. The zero-order valence-corrected chi connectivity index (χ0v) is 10.8. The van der Waals surface area contributed by atoms with E-state index in [-0.39, 0.29) is 5.97 Å². The standard InChI is InChI=1S/C14H20O2/c1-10-6-7-12(11(2)8-10)9-16-13(15)14(3,4)5/h6-8H,9H2,1-5H3. The van der Waals surface area contributed by atoms with E-state index in [4.69, 9.17) is 4.74 Å². The minimum absolute atomic E-state index is 0.160. The molecule has 0 N–H and O–H groups in total. The summed E-state index contributed by atoms with van der Waals surface area (Å²) in [4.78, 5) is 11.6. The molecule has 0 bridgehead atoms. The first-order valence-electron chi connectivity index (χ1n) is 5.54. The molecule has 0 radical (unpaired) electrons. The number of rotatable bonds is 2. The van der Waals surface area contributed by atoms with Crippen LogP contribution < -0.4 is 0 Å². The summed E-state index contributed by atoms with van der Waals surface area (Å²) in [5, 5.41) is 0. The second kappa shape index (κ2) is 4.69. The third kappa shape index (κ3) is 3.37. The maximum Gasteiger partial charge on any atom is 0.311 e. The van der Waals surface area contributed by atoms with Crippen molar-refractivity contribution >= 4 is 5.97 Å². The number of carbonyl (C=O) groups excluding carboxylic acids is 1. The predicted octanol–water partition coefficient (Wildman–Crippen LogP) is 3.39. The van der Waals surface area contributed by atoms with Gasteiger partial charge in [0.05, 0.1) is 5.41 Å². The van der Waals surface area contributed by atoms with Crippen molar-refractivity contribution in [3.05, 3.63) is 34.9 Å². The van der Waals surface area contributed by atoms with E-state index in [1.807, 2.05) is 39.8 Å². The molecule has 2 nitrogen and oxygen atoms in total. The third-order valence-corrected chi connectivity index (χ3v) is 2.47. The van der Waals surface area contributed by atoms with Gasteiger partial charge in [0.1, 0.15) is 6.61 Å². The van der Waals surface area contributed by atoms with Gasteiger partial charge in [-0.3, -0.25) is 4.79 Å². The molecule has 0 aliphatic heterocycles. The van der Waals surface area contributed by atoms with Crippen LogP contribution in [0.15, 0.2) is 18.2 Å². The maximum absolute atomic E-state index is 11.6. The van der Waals surface area contributed by atoms with E-state index < -0.39 is 5.41 Å². The number of aryl methyl sites for hydroxylation is 2. The molecule has 0 atom stereocenters. The van der Waals surface area contributed by atoms with Gasteiger partial charge in [0.2, 0.25) is 0 Å². The zero-order valence-electron chi connectivity index (χ0n) is 10.8. The van der Waals surface area contributed by atoms with Crippen molar-refractivity contribution < 1.29 is 9.53 Å². The van der Waals surface area contributed by atoms with Crippen LogP contribution in [0.2, 0.25) is 0 Å². The second-order valence-corrected chi connectivity index (χ2v) is 5.26. The average molecular weight is 220 g/mol. The highest BCUT2D eigenvalue weighted by molar-refractivity contribution is 5.75. The molecule has 0 aliphatic rings. The van der Waals surface area contributed by atoms with Crippen molar-refractivity contribution in [1.82, 2.24) is 0 Å². The lowest BCUT2D eigenvalue weighted by Gasteiger charge is -2.17. The van der Waals surface area contributed by atoms with Gasteiger partial charge in [-0.1, -0.05) is 23.8 Å². The minimum atomic E-state index is -0.432. The Morgan fingerprint density at radius 3 is 2.38 bits per heavy atom. The summed E-state index contributed by atoms with van der Waals surface area (Å²) in [5.41, 5.74) is 3.03.